The molecule has 2 rings (SSSR count). The van der Waals surface area contributed by atoms with E-state index in [4.69, 9.17) is 16.3 Å². The van der Waals surface area contributed by atoms with Crippen molar-refractivity contribution >= 4 is 17.6 Å². The summed E-state index contributed by atoms with van der Waals surface area (Å²) >= 11 is 6.16. The molecule has 0 saturated carbocycles. The van der Waals surface area contributed by atoms with Crippen LogP contribution in [0.15, 0.2) is 18.2 Å². The predicted molar refractivity (Wildman–Crippen MR) is 82.9 cm³/mol. The van der Waals surface area contributed by atoms with E-state index in [2.05, 4.69) is 23.5 Å². The van der Waals surface area contributed by atoms with E-state index in [0.29, 0.717) is 23.6 Å². The Balaban J connectivity index is 1.82. The van der Waals surface area contributed by atoms with Gasteiger partial charge in [0.1, 0.15) is 12.4 Å². The first-order chi connectivity index (χ1) is 9.99. The van der Waals surface area contributed by atoms with Crippen molar-refractivity contribution in [3.63, 3.8) is 0 Å². The molecule has 0 radical (unpaired) electrons. The van der Waals surface area contributed by atoms with E-state index >= 15 is 0 Å². The van der Waals surface area contributed by atoms with Crippen molar-refractivity contribution in [3.8, 4) is 5.75 Å². The summed E-state index contributed by atoms with van der Waals surface area (Å²) in [5, 5.41) is 0.535. The summed E-state index contributed by atoms with van der Waals surface area (Å²) in [6.45, 7) is 7.34. The Bertz CT molecular complexity index is 504. The predicted octanol–water partition coefficient (Wildman–Crippen LogP) is 2.77. The molecule has 21 heavy (non-hydrogen) atoms. The molecule has 1 aliphatic rings. The smallest absolute Gasteiger partial charge is 0.310 e. The summed E-state index contributed by atoms with van der Waals surface area (Å²) in [5.41, 5.74) is 0.753. The summed E-state index contributed by atoms with van der Waals surface area (Å²) in [6, 6.07) is 5.93. The highest BCUT2D eigenvalue weighted by Gasteiger charge is 2.34. The lowest BCUT2D eigenvalue weighted by atomic mass is 10.1. The molecule has 0 aliphatic carbocycles. The van der Waals surface area contributed by atoms with Gasteiger partial charge in [-0.3, -0.25) is 9.69 Å². The van der Waals surface area contributed by atoms with Crippen molar-refractivity contribution in [1.82, 2.24) is 4.90 Å². The van der Waals surface area contributed by atoms with E-state index < -0.39 is 0 Å². The van der Waals surface area contributed by atoms with Crippen molar-refractivity contribution in [2.45, 2.75) is 26.3 Å². The van der Waals surface area contributed by atoms with Crippen molar-refractivity contribution in [3.05, 3.63) is 28.8 Å². The molecule has 1 aliphatic heterocycles. The molecule has 1 fully saturated rings. The molecule has 0 amide bonds. The van der Waals surface area contributed by atoms with Crippen molar-refractivity contribution in [2.24, 2.45) is 5.92 Å². The molecule has 0 N–H and O–H groups in total. The minimum absolute atomic E-state index is 0.181. The highest BCUT2D eigenvalue weighted by molar-refractivity contribution is 6.31. The molecule has 0 spiro atoms. The van der Waals surface area contributed by atoms with Crippen LogP contribution in [0.4, 0.5) is 0 Å². The normalized spacial score (nSPS) is 20.4. The van der Waals surface area contributed by atoms with Gasteiger partial charge in [0.05, 0.1) is 19.6 Å². The molecule has 116 valence electrons. The third kappa shape index (κ3) is 4.90. The highest BCUT2D eigenvalue weighted by atomic mass is 35.5. The number of hydrogen-bond acceptors (Lipinski definition) is 4. The number of ether oxygens (including phenoxy) is 2. The van der Waals surface area contributed by atoms with Crippen LogP contribution in [0.5, 0.6) is 5.75 Å². The van der Waals surface area contributed by atoms with Crippen molar-refractivity contribution in [2.75, 3.05) is 26.8 Å². The number of carbonyl (C=O) groups is 1. The van der Waals surface area contributed by atoms with Gasteiger partial charge in [0, 0.05) is 18.1 Å². The molecule has 2 unspecified atom stereocenters. The standard InChI is InChI=1S/C16H22ClNO3/c1-11(2)8-18-9-13(18)10-21-14-5-4-12(15(17)7-14)6-16(19)20-3/h4-5,7,11,13H,6,8-10H2,1-3H3. The Morgan fingerprint density at radius 2 is 2.24 bits per heavy atom. The van der Waals surface area contributed by atoms with E-state index in [-0.39, 0.29) is 12.4 Å². The number of carbonyl (C=O) groups excluding carboxylic acids is 1. The molecule has 5 heteroatoms. The van der Waals surface area contributed by atoms with Gasteiger partial charge in [-0.2, -0.15) is 0 Å². The average molecular weight is 312 g/mol. The lowest BCUT2D eigenvalue weighted by Gasteiger charge is -2.10. The largest absolute Gasteiger partial charge is 0.492 e. The first kappa shape index (κ1) is 16.1. The molecular weight excluding hydrogens is 290 g/mol. The minimum Gasteiger partial charge on any atom is -0.492 e. The van der Waals surface area contributed by atoms with Crippen LogP contribution in [0, 0.1) is 5.92 Å². The van der Waals surface area contributed by atoms with Crippen LogP contribution in [0.1, 0.15) is 19.4 Å². The zero-order valence-electron chi connectivity index (χ0n) is 12.8. The third-order valence-electron chi connectivity index (χ3n) is 3.46. The van der Waals surface area contributed by atoms with Gasteiger partial charge in [-0.25, -0.2) is 0 Å². The van der Waals surface area contributed by atoms with E-state index in [1.54, 1.807) is 6.07 Å². The lowest BCUT2D eigenvalue weighted by Crippen LogP contribution is -2.14. The first-order valence-corrected chi connectivity index (χ1v) is 7.59. The summed E-state index contributed by atoms with van der Waals surface area (Å²) < 4.78 is 10.4. The maximum Gasteiger partial charge on any atom is 0.310 e. The van der Waals surface area contributed by atoms with Crippen LogP contribution < -0.4 is 4.74 Å². The van der Waals surface area contributed by atoms with Gasteiger partial charge in [-0.05, 0) is 23.6 Å². The number of nitrogens with zero attached hydrogens (tertiary/aromatic N) is 1. The Morgan fingerprint density at radius 1 is 1.48 bits per heavy atom. The molecule has 1 saturated heterocycles. The molecule has 1 aromatic rings. The molecule has 4 nitrogen and oxygen atoms in total. The quantitative estimate of drug-likeness (QED) is 0.573. The van der Waals surface area contributed by atoms with Gasteiger partial charge in [-0.1, -0.05) is 31.5 Å². The maximum atomic E-state index is 11.2. The number of halogens is 1. The SMILES string of the molecule is COC(=O)Cc1ccc(OCC2CN2CC(C)C)cc1Cl. The highest BCUT2D eigenvalue weighted by Crippen LogP contribution is 2.25. The molecule has 0 aromatic heterocycles. The molecular formula is C16H22ClNO3. The number of methoxy groups -OCH3 is 1. The monoisotopic (exact) mass is 311 g/mol. The molecule has 2 atom stereocenters. The van der Waals surface area contributed by atoms with Gasteiger partial charge in [0.2, 0.25) is 0 Å². The minimum atomic E-state index is -0.298. The fourth-order valence-corrected chi connectivity index (χ4v) is 2.49. The second kappa shape index (κ2) is 7.14. The Labute approximate surface area is 131 Å². The number of hydrogen-bond donors (Lipinski definition) is 0. The van der Waals surface area contributed by atoms with Gasteiger partial charge >= 0.3 is 5.97 Å². The Morgan fingerprint density at radius 3 is 2.86 bits per heavy atom. The maximum absolute atomic E-state index is 11.2. The molecule has 1 aromatic carbocycles. The fraction of sp³-hybridized carbons (Fsp3) is 0.562. The number of rotatable bonds is 7. The Hall–Kier alpha value is -1.26. The average Bonchev–Trinajstić information content (AvgIpc) is 3.16. The van der Waals surface area contributed by atoms with Gasteiger partial charge in [0.25, 0.3) is 0 Å². The van der Waals surface area contributed by atoms with Crippen molar-refractivity contribution in [1.29, 1.82) is 0 Å². The van der Waals surface area contributed by atoms with Crippen LogP contribution in [0.2, 0.25) is 5.02 Å². The lowest BCUT2D eigenvalue weighted by molar-refractivity contribution is -0.139. The van der Waals surface area contributed by atoms with Crippen LogP contribution in [0.3, 0.4) is 0 Å². The van der Waals surface area contributed by atoms with Gasteiger partial charge < -0.3 is 9.47 Å². The zero-order valence-corrected chi connectivity index (χ0v) is 13.5. The summed E-state index contributed by atoms with van der Waals surface area (Å²) in [7, 11) is 1.37. The van der Waals surface area contributed by atoms with E-state index in [9.17, 15) is 4.79 Å². The van der Waals surface area contributed by atoms with Crippen LogP contribution in [-0.2, 0) is 16.0 Å². The number of benzene rings is 1. The van der Waals surface area contributed by atoms with Gasteiger partial charge in [0.15, 0.2) is 0 Å². The van der Waals surface area contributed by atoms with E-state index in [1.165, 1.54) is 7.11 Å². The van der Waals surface area contributed by atoms with E-state index in [1.807, 2.05) is 12.1 Å². The fourth-order valence-electron chi connectivity index (χ4n) is 2.26. The number of esters is 1. The zero-order chi connectivity index (χ0) is 15.4. The summed E-state index contributed by atoms with van der Waals surface area (Å²) in [6.07, 6.45) is 0.181. The van der Waals surface area contributed by atoms with E-state index in [0.717, 1.165) is 24.4 Å². The Kier molecular flexibility index (Phi) is 5.48. The van der Waals surface area contributed by atoms with Gasteiger partial charge in [-0.15, -0.1) is 0 Å². The third-order valence-corrected chi connectivity index (χ3v) is 3.81. The topological polar surface area (TPSA) is 38.5 Å². The molecule has 1 heterocycles. The first-order valence-electron chi connectivity index (χ1n) is 7.21. The van der Waals surface area contributed by atoms with Crippen molar-refractivity contribution < 1.29 is 14.3 Å². The molecule has 0 bridgehead atoms. The summed E-state index contributed by atoms with van der Waals surface area (Å²) in [4.78, 5) is 13.6. The van der Waals surface area contributed by atoms with Crippen LogP contribution in [-0.4, -0.2) is 43.7 Å². The summed E-state index contributed by atoms with van der Waals surface area (Å²) in [5.74, 6) is 1.12. The van der Waals surface area contributed by atoms with Crippen LogP contribution in [0.25, 0.3) is 0 Å². The second-order valence-electron chi connectivity index (χ2n) is 5.82. The second-order valence-corrected chi connectivity index (χ2v) is 6.23. The van der Waals surface area contributed by atoms with Crippen LogP contribution >= 0.6 is 11.6 Å².